The van der Waals surface area contributed by atoms with Crippen molar-refractivity contribution in [2.24, 2.45) is 5.92 Å². The van der Waals surface area contributed by atoms with E-state index in [-0.39, 0.29) is 11.6 Å². The molecule has 0 saturated carbocycles. The maximum atomic E-state index is 12.0. The molecule has 20 heavy (non-hydrogen) atoms. The highest BCUT2D eigenvalue weighted by Crippen LogP contribution is 2.19. The molecule has 0 saturated heterocycles. The van der Waals surface area contributed by atoms with Gasteiger partial charge in [-0.2, -0.15) is 0 Å². The number of quaternary nitrogens is 1. The molecule has 1 aromatic rings. The Hall–Kier alpha value is -1.95. The fourth-order valence-corrected chi connectivity index (χ4v) is 2.09. The topological polar surface area (TPSA) is 76.7 Å². The Morgan fingerprint density at radius 3 is 2.65 bits per heavy atom. The molecule has 6 heteroatoms. The minimum Gasteiger partial charge on any atom is -0.352 e. The van der Waals surface area contributed by atoms with E-state index in [2.05, 4.69) is 26.3 Å². The molecule has 0 aliphatic carbocycles. The lowest BCUT2D eigenvalue weighted by Crippen LogP contribution is -3.06. The number of hydrogen-bond acceptors (Lipinski definition) is 3. The van der Waals surface area contributed by atoms with Crippen LogP contribution in [-0.4, -0.2) is 38.0 Å². The number of hydrogen-bond donors (Lipinski definition) is 2. The molecule has 0 aliphatic heterocycles. The molecule has 0 unspecified atom stereocenters. The molecular formula is C14H22N3O3+. The van der Waals surface area contributed by atoms with Crippen molar-refractivity contribution in [3.8, 4) is 0 Å². The number of benzene rings is 1. The van der Waals surface area contributed by atoms with Gasteiger partial charge in [-0.1, -0.05) is 13.0 Å². The Balaban J connectivity index is 2.69. The van der Waals surface area contributed by atoms with Crippen LogP contribution in [-0.2, 0) is 0 Å². The van der Waals surface area contributed by atoms with Crippen LogP contribution in [0.25, 0.3) is 0 Å². The van der Waals surface area contributed by atoms with Crippen LogP contribution >= 0.6 is 0 Å². The second-order valence-corrected chi connectivity index (χ2v) is 5.48. The third-order valence-electron chi connectivity index (χ3n) is 3.04. The molecule has 110 valence electrons. The van der Waals surface area contributed by atoms with Crippen molar-refractivity contribution < 1.29 is 14.6 Å². The summed E-state index contributed by atoms with van der Waals surface area (Å²) >= 11 is 0. The molecule has 0 heterocycles. The monoisotopic (exact) mass is 280 g/mol. The first kappa shape index (κ1) is 16.1. The number of carbonyl (C=O) groups is 1. The Labute approximate surface area is 118 Å². The highest BCUT2D eigenvalue weighted by atomic mass is 16.6. The molecule has 2 N–H and O–H groups in total. The largest absolute Gasteiger partial charge is 0.352 e. The van der Waals surface area contributed by atoms with Gasteiger partial charge in [-0.05, 0) is 13.0 Å². The predicted octanol–water partition coefficient (Wildman–Crippen LogP) is 0.414. The van der Waals surface area contributed by atoms with Crippen LogP contribution in [0.3, 0.4) is 0 Å². The Morgan fingerprint density at radius 1 is 1.45 bits per heavy atom. The van der Waals surface area contributed by atoms with Gasteiger partial charge in [0.2, 0.25) is 0 Å². The first-order valence-electron chi connectivity index (χ1n) is 6.63. The Bertz CT molecular complexity index is 500. The zero-order chi connectivity index (χ0) is 15.3. The number of rotatable bonds is 6. The summed E-state index contributed by atoms with van der Waals surface area (Å²) in [6.45, 7) is 5.23. The average molecular weight is 280 g/mol. The molecule has 1 amide bonds. The van der Waals surface area contributed by atoms with Crippen molar-refractivity contribution in [1.29, 1.82) is 0 Å². The fourth-order valence-electron chi connectivity index (χ4n) is 2.09. The molecule has 0 aromatic heterocycles. The van der Waals surface area contributed by atoms with Gasteiger partial charge in [0.25, 0.3) is 11.6 Å². The second kappa shape index (κ2) is 7.00. The number of amides is 1. The van der Waals surface area contributed by atoms with E-state index >= 15 is 0 Å². The van der Waals surface area contributed by atoms with Crippen LogP contribution < -0.4 is 10.2 Å². The molecule has 0 fully saturated rings. The quantitative estimate of drug-likeness (QED) is 0.585. The van der Waals surface area contributed by atoms with Gasteiger partial charge in [0, 0.05) is 29.7 Å². The second-order valence-electron chi connectivity index (χ2n) is 5.48. The van der Waals surface area contributed by atoms with E-state index in [0.717, 1.165) is 6.54 Å². The molecule has 0 aliphatic rings. The summed E-state index contributed by atoms with van der Waals surface area (Å²) in [6, 6.07) is 4.53. The van der Waals surface area contributed by atoms with Crippen molar-refractivity contribution in [2.45, 2.75) is 13.8 Å². The van der Waals surface area contributed by atoms with Gasteiger partial charge in [0.1, 0.15) is 0 Å². The number of nitro benzene ring substituents is 1. The van der Waals surface area contributed by atoms with Crippen LogP contribution in [0, 0.1) is 23.0 Å². The smallest absolute Gasteiger partial charge is 0.273 e. The zero-order valence-corrected chi connectivity index (χ0v) is 12.4. The highest BCUT2D eigenvalue weighted by molar-refractivity contribution is 5.94. The van der Waals surface area contributed by atoms with Gasteiger partial charge in [-0.25, -0.2) is 0 Å². The molecule has 1 rings (SSSR count). The van der Waals surface area contributed by atoms with E-state index in [0.29, 0.717) is 23.6 Å². The summed E-state index contributed by atoms with van der Waals surface area (Å²) in [6.07, 6.45) is 0. The molecule has 0 spiro atoms. The molecule has 0 radical (unpaired) electrons. The SMILES string of the molecule is Cc1ccc(C(=O)NC[C@@H](C)C[NH+](C)C)cc1[N+](=O)[O-]. The lowest BCUT2D eigenvalue weighted by atomic mass is 10.1. The third-order valence-corrected chi connectivity index (χ3v) is 3.04. The van der Waals surface area contributed by atoms with Crippen LogP contribution in [0.5, 0.6) is 0 Å². The number of nitrogens with zero attached hydrogens (tertiary/aromatic N) is 1. The highest BCUT2D eigenvalue weighted by Gasteiger charge is 2.15. The number of carbonyl (C=O) groups excluding carboxylic acids is 1. The van der Waals surface area contributed by atoms with Gasteiger partial charge in [-0.3, -0.25) is 14.9 Å². The van der Waals surface area contributed by atoms with Gasteiger partial charge in [0.15, 0.2) is 0 Å². The summed E-state index contributed by atoms with van der Waals surface area (Å²) < 4.78 is 0. The number of nitro groups is 1. The summed E-state index contributed by atoms with van der Waals surface area (Å²) in [5, 5.41) is 13.7. The number of nitrogens with one attached hydrogen (secondary N) is 2. The van der Waals surface area contributed by atoms with Crippen LogP contribution in [0.15, 0.2) is 18.2 Å². The molecule has 1 atom stereocenters. The molecule has 6 nitrogen and oxygen atoms in total. The van der Waals surface area contributed by atoms with Gasteiger partial charge >= 0.3 is 0 Å². The van der Waals surface area contributed by atoms with E-state index in [4.69, 9.17) is 0 Å². The van der Waals surface area contributed by atoms with Crippen LogP contribution in [0.1, 0.15) is 22.8 Å². The lowest BCUT2D eigenvalue weighted by molar-refractivity contribution is -0.861. The van der Waals surface area contributed by atoms with E-state index in [9.17, 15) is 14.9 Å². The first-order chi connectivity index (χ1) is 9.31. The Kier molecular flexibility index (Phi) is 5.64. The van der Waals surface area contributed by atoms with E-state index in [1.165, 1.54) is 11.0 Å². The van der Waals surface area contributed by atoms with Crippen molar-refractivity contribution in [2.75, 3.05) is 27.2 Å². The minimum absolute atomic E-state index is 0.0246. The predicted molar refractivity (Wildman–Crippen MR) is 77.0 cm³/mol. The van der Waals surface area contributed by atoms with Gasteiger partial charge < -0.3 is 10.2 Å². The molecule has 1 aromatic carbocycles. The summed E-state index contributed by atoms with van der Waals surface area (Å²) in [5.74, 6) is 0.0816. The molecular weight excluding hydrogens is 258 g/mol. The zero-order valence-electron chi connectivity index (χ0n) is 12.4. The Morgan fingerprint density at radius 2 is 2.10 bits per heavy atom. The van der Waals surface area contributed by atoms with Crippen LogP contribution in [0.4, 0.5) is 5.69 Å². The van der Waals surface area contributed by atoms with Crippen molar-refractivity contribution in [3.05, 3.63) is 39.4 Å². The third kappa shape index (κ3) is 4.62. The fraction of sp³-hybridized carbons (Fsp3) is 0.500. The van der Waals surface area contributed by atoms with Crippen molar-refractivity contribution >= 4 is 11.6 Å². The average Bonchev–Trinajstić information content (AvgIpc) is 2.35. The standard InChI is InChI=1S/C14H21N3O3/c1-10(9-16(3)4)8-15-14(18)12-6-5-11(2)13(7-12)17(19)20/h5-7,10H,8-9H2,1-4H3,(H,15,18)/p+1/t10-/m1/s1. The first-order valence-corrected chi connectivity index (χ1v) is 6.63. The van der Waals surface area contributed by atoms with E-state index < -0.39 is 4.92 Å². The lowest BCUT2D eigenvalue weighted by Gasteiger charge is -2.15. The van der Waals surface area contributed by atoms with Crippen molar-refractivity contribution in [1.82, 2.24) is 5.32 Å². The maximum absolute atomic E-state index is 12.0. The maximum Gasteiger partial charge on any atom is 0.273 e. The normalized spacial score (nSPS) is 12.2. The van der Waals surface area contributed by atoms with E-state index in [1.807, 2.05) is 0 Å². The summed E-state index contributed by atoms with van der Waals surface area (Å²) in [4.78, 5) is 23.7. The minimum atomic E-state index is -0.468. The van der Waals surface area contributed by atoms with Crippen LogP contribution in [0.2, 0.25) is 0 Å². The summed E-state index contributed by atoms with van der Waals surface area (Å²) in [5.41, 5.74) is 0.853. The van der Waals surface area contributed by atoms with E-state index in [1.54, 1.807) is 19.1 Å². The van der Waals surface area contributed by atoms with Gasteiger partial charge in [0.05, 0.1) is 25.6 Å². The van der Waals surface area contributed by atoms with Crippen molar-refractivity contribution in [3.63, 3.8) is 0 Å². The summed E-state index contributed by atoms with van der Waals surface area (Å²) in [7, 11) is 4.11. The number of aryl methyl sites for hydroxylation is 1. The molecule has 0 bridgehead atoms. The van der Waals surface area contributed by atoms with Gasteiger partial charge in [-0.15, -0.1) is 0 Å².